The highest BCUT2D eigenvalue weighted by Crippen LogP contribution is 2.30. The molecule has 0 spiro atoms. The van der Waals surface area contributed by atoms with Crippen LogP contribution < -0.4 is 4.74 Å². The lowest BCUT2D eigenvalue weighted by Crippen LogP contribution is -2.19. The summed E-state index contributed by atoms with van der Waals surface area (Å²) in [6.07, 6.45) is -2.91. The first kappa shape index (κ1) is 15.4. The van der Waals surface area contributed by atoms with E-state index in [1.807, 2.05) is 0 Å². The molecule has 0 aliphatic carbocycles. The number of Topliss-reactive ketones (excluding diaryl/α,β-unsaturated/α-hetero) is 1. The number of rotatable bonds is 5. The topological polar surface area (TPSA) is 26.3 Å². The van der Waals surface area contributed by atoms with Crippen LogP contribution in [0.2, 0.25) is 0 Å². The normalized spacial score (nSPS) is 11.4. The minimum atomic E-state index is -4.80. The van der Waals surface area contributed by atoms with E-state index in [1.165, 1.54) is 30.0 Å². The third-order valence-electron chi connectivity index (χ3n) is 2.03. The molecule has 100 valence electrons. The maximum atomic E-state index is 12.2. The van der Waals surface area contributed by atoms with Gasteiger partial charge in [0.05, 0.1) is 5.56 Å². The second-order valence-electron chi connectivity index (χ2n) is 3.27. The Labute approximate surface area is 115 Å². The highest BCUT2D eigenvalue weighted by molar-refractivity contribution is 9.09. The molecule has 0 aliphatic heterocycles. The van der Waals surface area contributed by atoms with Gasteiger partial charge >= 0.3 is 6.36 Å². The summed E-state index contributed by atoms with van der Waals surface area (Å²) in [6.45, 7) is 0. The van der Waals surface area contributed by atoms with Crippen molar-refractivity contribution in [3.05, 3.63) is 23.8 Å². The first-order chi connectivity index (χ1) is 8.37. The van der Waals surface area contributed by atoms with Crippen molar-refractivity contribution in [2.45, 2.75) is 17.7 Å². The van der Waals surface area contributed by atoms with Crippen molar-refractivity contribution in [3.8, 4) is 5.75 Å². The van der Waals surface area contributed by atoms with Gasteiger partial charge in [0.2, 0.25) is 0 Å². The van der Waals surface area contributed by atoms with Crippen LogP contribution in [0.15, 0.2) is 23.1 Å². The highest BCUT2D eigenvalue weighted by Gasteiger charge is 2.32. The van der Waals surface area contributed by atoms with Gasteiger partial charge in [-0.3, -0.25) is 4.79 Å². The van der Waals surface area contributed by atoms with Gasteiger partial charge in [-0.05, 0) is 24.5 Å². The zero-order valence-corrected chi connectivity index (χ0v) is 11.8. The molecule has 0 fully saturated rings. The summed E-state index contributed by atoms with van der Waals surface area (Å²) in [6, 6.07) is 4.06. The summed E-state index contributed by atoms with van der Waals surface area (Å²) in [7, 11) is 0. The van der Waals surface area contributed by atoms with Crippen LogP contribution in [-0.4, -0.2) is 23.7 Å². The maximum Gasteiger partial charge on any atom is 0.573 e. The predicted molar refractivity (Wildman–Crippen MR) is 67.6 cm³/mol. The molecule has 0 saturated heterocycles. The van der Waals surface area contributed by atoms with E-state index in [0.29, 0.717) is 10.2 Å². The van der Waals surface area contributed by atoms with E-state index in [-0.39, 0.29) is 17.8 Å². The van der Waals surface area contributed by atoms with Crippen LogP contribution in [0.4, 0.5) is 13.2 Å². The summed E-state index contributed by atoms with van der Waals surface area (Å²) < 4.78 is 40.5. The van der Waals surface area contributed by atoms with E-state index in [9.17, 15) is 18.0 Å². The lowest BCUT2D eigenvalue weighted by atomic mass is 10.1. The van der Waals surface area contributed by atoms with Crippen molar-refractivity contribution in [1.29, 1.82) is 0 Å². The first-order valence-corrected chi connectivity index (χ1v) is 7.25. The van der Waals surface area contributed by atoms with Crippen molar-refractivity contribution >= 4 is 33.5 Å². The lowest BCUT2D eigenvalue weighted by molar-refractivity contribution is -0.274. The molecule has 18 heavy (non-hydrogen) atoms. The number of alkyl halides is 4. The molecule has 0 amide bonds. The van der Waals surface area contributed by atoms with Gasteiger partial charge in [-0.25, -0.2) is 0 Å². The monoisotopic (exact) mass is 342 g/mol. The van der Waals surface area contributed by atoms with Gasteiger partial charge in [0.15, 0.2) is 5.78 Å². The first-order valence-electron chi connectivity index (χ1n) is 4.90. The number of carbonyl (C=O) groups is 1. The van der Waals surface area contributed by atoms with Gasteiger partial charge in [-0.15, -0.1) is 24.9 Å². The number of halogens is 4. The van der Waals surface area contributed by atoms with E-state index < -0.39 is 12.1 Å². The van der Waals surface area contributed by atoms with Gasteiger partial charge in [-0.1, -0.05) is 15.9 Å². The third-order valence-corrected chi connectivity index (χ3v) is 3.16. The number of benzene rings is 1. The number of ketones is 1. The summed E-state index contributed by atoms with van der Waals surface area (Å²) in [5.74, 6) is -0.840. The van der Waals surface area contributed by atoms with Crippen LogP contribution in [0.25, 0.3) is 0 Å². The number of hydrogen-bond donors (Lipinski definition) is 0. The van der Waals surface area contributed by atoms with Crippen LogP contribution in [0, 0.1) is 0 Å². The molecule has 7 heteroatoms. The second-order valence-corrected chi connectivity index (χ2v) is 4.94. The molecule has 0 radical (unpaired) electrons. The molecule has 0 saturated carbocycles. The standard InChI is InChI=1S/C11H10BrF3O2S/c1-18-7-2-3-10(17-11(13,14)15)8(6-7)9(16)4-5-12/h2-3,6H,4-5H2,1H3. The summed E-state index contributed by atoms with van der Waals surface area (Å²) >= 11 is 4.42. The Hall–Kier alpha value is -0.690. The lowest BCUT2D eigenvalue weighted by Gasteiger charge is -2.13. The molecule has 0 aromatic heterocycles. The Morgan fingerprint density at radius 3 is 2.61 bits per heavy atom. The van der Waals surface area contributed by atoms with Crippen molar-refractivity contribution in [2.75, 3.05) is 11.6 Å². The van der Waals surface area contributed by atoms with E-state index in [0.717, 1.165) is 0 Å². The molecule has 1 aromatic rings. The van der Waals surface area contributed by atoms with Crippen molar-refractivity contribution in [2.24, 2.45) is 0 Å². The Morgan fingerprint density at radius 1 is 1.44 bits per heavy atom. The molecule has 0 N–H and O–H groups in total. The Kier molecular flexibility index (Phi) is 5.52. The third kappa shape index (κ3) is 4.53. The molecule has 0 heterocycles. The van der Waals surface area contributed by atoms with Crippen LogP contribution in [-0.2, 0) is 0 Å². The minimum absolute atomic E-state index is 0.0429. The van der Waals surface area contributed by atoms with Gasteiger partial charge in [-0.2, -0.15) is 0 Å². The number of ether oxygens (including phenoxy) is 1. The Morgan fingerprint density at radius 2 is 2.11 bits per heavy atom. The van der Waals surface area contributed by atoms with E-state index in [1.54, 1.807) is 6.26 Å². The fourth-order valence-corrected chi connectivity index (χ4v) is 2.09. The van der Waals surface area contributed by atoms with Gasteiger partial charge in [0, 0.05) is 16.6 Å². The number of carbonyl (C=O) groups excluding carboxylic acids is 1. The summed E-state index contributed by atoms with van der Waals surface area (Å²) in [5.41, 5.74) is -0.0429. The molecule has 1 rings (SSSR count). The molecule has 0 atom stereocenters. The zero-order valence-electron chi connectivity index (χ0n) is 9.38. The molecule has 0 aliphatic rings. The van der Waals surface area contributed by atoms with Crippen LogP contribution >= 0.6 is 27.7 Å². The smallest absolute Gasteiger partial charge is 0.405 e. The SMILES string of the molecule is CSc1ccc(OC(F)(F)F)c(C(=O)CCBr)c1. The Balaban J connectivity index is 3.12. The molecular formula is C11H10BrF3O2S. The number of hydrogen-bond acceptors (Lipinski definition) is 3. The molecule has 1 aromatic carbocycles. The summed E-state index contributed by atoms with van der Waals surface area (Å²) in [5, 5.41) is 0.390. The highest BCUT2D eigenvalue weighted by atomic mass is 79.9. The van der Waals surface area contributed by atoms with Crippen LogP contribution in [0.3, 0.4) is 0 Å². The fourth-order valence-electron chi connectivity index (χ4n) is 1.29. The Bertz CT molecular complexity index is 435. The average Bonchev–Trinajstić information content (AvgIpc) is 2.27. The molecule has 2 nitrogen and oxygen atoms in total. The van der Waals surface area contributed by atoms with Gasteiger partial charge in [0.1, 0.15) is 5.75 Å². The average molecular weight is 343 g/mol. The largest absolute Gasteiger partial charge is 0.573 e. The fraction of sp³-hybridized carbons (Fsp3) is 0.364. The summed E-state index contributed by atoms with van der Waals surface area (Å²) in [4.78, 5) is 12.4. The zero-order chi connectivity index (χ0) is 13.8. The predicted octanol–water partition coefficient (Wildman–Crippen LogP) is 4.27. The van der Waals surface area contributed by atoms with Gasteiger partial charge < -0.3 is 4.74 Å². The minimum Gasteiger partial charge on any atom is -0.405 e. The quantitative estimate of drug-likeness (QED) is 0.454. The molecule has 0 unspecified atom stereocenters. The van der Waals surface area contributed by atoms with Crippen LogP contribution in [0.1, 0.15) is 16.8 Å². The van der Waals surface area contributed by atoms with E-state index >= 15 is 0 Å². The second kappa shape index (κ2) is 6.47. The molecule has 0 bridgehead atoms. The maximum absolute atomic E-state index is 12.2. The van der Waals surface area contributed by atoms with Crippen molar-refractivity contribution in [1.82, 2.24) is 0 Å². The molecular weight excluding hydrogens is 333 g/mol. The van der Waals surface area contributed by atoms with Gasteiger partial charge in [0.25, 0.3) is 0 Å². The van der Waals surface area contributed by atoms with E-state index in [4.69, 9.17) is 0 Å². The van der Waals surface area contributed by atoms with Crippen LogP contribution in [0.5, 0.6) is 5.75 Å². The van der Waals surface area contributed by atoms with E-state index in [2.05, 4.69) is 20.7 Å². The number of thioether (sulfide) groups is 1. The van der Waals surface area contributed by atoms with Crippen molar-refractivity contribution in [3.63, 3.8) is 0 Å². The van der Waals surface area contributed by atoms with Crippen molar-refractivity contribution < 1.29 is 22.7 Å².